The van der Waals surface area contributed by atoms with Crippen LogP contribution in [0.1, 0.15) is 32.3 Å². The molecule has 0 saturated heterocycles. The van der Waals surface area contributed by atoms with Gasteiger partial charge in [0, 0.05) is 0 Å². The number of hydrogen-bond acceptors (Lipinski definition) is 3. The van der Waals surface area contributed by atoms with Crippen molar-refractivity contribution in [2.24, 2.45) is 0 Å². The molecule has 1 fully saturated rings. The lowest BCUT2D eigenvalue weighted by Gasteiger charge is -2.13. The van der Waals surface area contributed by atoms with E-state index in [0.29, 0.717) is 0 Å². The number of methoxy groups -OCH3 is 2. The van der Waals surface area contributed by atoms with Crippen LogP contribution < -0.4 is 4.74 Å². The van der Waals surface area contributed by atoms with Crippen molar-refractivity contribution in [3.63, 3.8) is 0 Å². The molecule has 3 heteroatoms. The molecule has 0 radical (unpaired) electrons. The molecule has 2 rings (SSSR count). The molecular formula is C14H20O3. The van der Waals surface area contributed by atoms with E-state index >= 15 is 0 Å². The molecule has 0 unspecified atom stereocenters. The standard InChI is InChI=1S/C12H14O3.C2H6/c1-14-10-5-3-9(4-6-10)12(7-8-12)11(13)15-2;1-2/h3-6H,7-8H2,1-2H3;1-2H3. The molecule has 17 heavy (non-hydrogen) atoms. The van der Waals surface area contributed by atoms with Crippen molar-refractivity contribution in [1.29, 1.82) is 0 Å². The second kappa shape index (κ2) is 5.71. The van der Waals surface area contributed by atoms with Crippen LogP contribution in [0.4, 0.5) is 0 Å². The molecule has 1 aromatic rings. The fourth-order valence-corrected chi connectivity index (χ4v) is 1.84. The van der Waals surface area contributed by atoms with Crippen LogP contribution in [0, 0.1) is 0 Å². The van der Waals surface area contributed by atoms with Crippen molar-refractivity contribution < 1.29 is 14.3 Å². The molecule has 1 saturated carbocycles. The van der Waals surface area contributed by atoms with Gasteiger partial charge in [-0.15, -0.1) is 0 Å². The van der Waals surface area contributed by atoms with Crippen LogP contribution in [0.15, 0.2) is 24.3 Å². The first-order valence-electron chi connectivity index (χ1n) is 5.96. The van der Waals surface area contributed by atoms with E-state index in [-0.39, 0.29) is 11.4 Å². The maximum absolute atomic E-state index is 11.6. The summed E-state index contributed by atoms with van der Waals surface area (Å²) in [6.07, 6.45) is 1.76. The Morgan fingerprint density at radius 1 is 1.12 bits per heavy atom. The Hall–Kier alpha value is -1.51. The summed E-state index contributed by atoms with van der Waals surface area (Å²) in [5.74, 6) is 0.673. The molecule has 94 valence electrons. The van der Waals surface area contributed by atoms with Crippen molar-refractivity contribution in [1.82, 2.24) is 0 Å². The average molecular weight is 236 g/mol. The van der Waals surface area contributed by atoms with Crippen LogP contribution in [0.2, 0.25) is 0 Å². The third kappa shape index (κ3) is 2.60. The van der Waals surface area contributed by atoms with Crippen LogP contribution in [-0.2, 0) is 14.9 Å². The minimum absolute atomic E-state index is 0.132. The topological polar surface area (TPSA) is 35.5 Å². The molecule has 0 aliphatic heterocycles. The normalized spacial score (nSPS) is 15.3. The number of rotatable bonds is 3. The van der Waals surface area contributed by atoms with Crippen molar-refractivity contribution in [2.75, 3.05) is 14.2 Å². The first kappa shape index (κ1) is 13.6. The second-order valence-corrected chi connectivity index (χ2v) is 3.80. The Balaban J connectivity index is 0.000000686. The zero-order valence-corrected chi connectivity index (χ0v) is 10.9. The Kier molecular flexibility index (Phi) is 4.55. The highest BCUT2D eigenvalue weighted by Gasteiger charge is 2.52. The molecule has 0 heterocycles. The summed E-state index contributed by atoms with van der Waals surface area (Å²) in [5.41, 5.74) is 0.649. The van der Waals surface area contributed by atoms with E-state index in [1.807, 2.05) is 38.1 Å². The fraction of sp³-hybridized carbons (Fsp3) is 0.500. The summed E-state index contributed by atoms with van der Waals surface area (Å²) in [4.78, 5) is 11.6. The third-order valence-electron chi connectivity index (χ3n) is 2.97. The molecule has 0 spiro atoms. The minimum atomic E-state index is -0.374. The summed E-state index contributed by atoms with van der Waals surface area (Å²) in [6, 6.07) is 7.61. The lowest BCUT2D eigenvalue weighted by Crippen LogP contribution is -2.21. The molecular weight excluding hydrogens is 216 g/mol. The summed E-state index contributed by atoms with van der Waals surface area (Å²) in [7, 11) is 3.06. The number of carbonyl (C=O) groups is 1. The number of carbonyl (C=O) groups excluding carboxylic acids is 1. The average Bonchev–Trinajstić information content (AvgIpc) is 3.22. The lowest BCUT2D eigenvalue weighted by molar-refractivity contribution is -0.143. The predicted octanol–water partition coefficient (Wildman–Crippen LogP) is 2.93. The van der Waals surface area contributed by atoms with Gasteiger partial charge < -0.3 is 9.47 Å². The first-order valence-corrected chi connectivity index (χ1v) is 5.96. The van der Waals surface area contributed by atoms with E-state index in [4.69, 9.17) is 9.47 Å². The molecule has 3 nitrogen and oxygen atoms in total. The van der Waals surface area contributed by atoms with Gasteiger partial charge in [0.05, 0.1) is 19.6 Å². The fourth-order valence-electron chi connectivity index (χ4n) is 1.84. The summed E-state index contributed by atoms with van der Waals surface area (Å²) in [5, 5.41) is 0. The molecule has 0 N–H and O–H groups in total. The second-order valence-electron chi connectivity index (χ2n) is 3.80. The van der Waals surface area contributed by atoms with E-state index in [9.17, 15) is 4.79 Å². The van der Waals surface area contributed by atoms with E-state index in [2.05, 4.69) is 0 Å². The van der Waals surface area contributed by atoms with Gasteiger partial charge >= 0.3 is 5.97 Å². The van der Waals surface area contributed by atoms with Gasteiger partial charge in [-0.25, -0.2) is 0 Å². The molecule has 1 aliphatic rings. The Labute approximate surface area is 103 Å². The third-order valence-corrected chi connectivity index (χ3v) is 2.97. The van der Waals surface area contributed by atoms with Gasteiger partial charge in [0.15, 0.2) is 0 Å². The number of benzene rings is 1. The summed E-state index contributed by atoms with van der Waals surface area (Å²) >= 11 is 0. The van der Waals surface area contributed by atoms with Gasteiger partial charge in [0.2, 0.25) is 0 Å². The van der Waals surface area contributed by atoms with Gasteiger partial charge in [0.1, 0.15) is 5.75 Å². The van der Waals surface area contributed by atoms with Crippen LogP contribution >= 0.6 is 0 Å². The molecule has 0 amide bonds. The number of esters is 1. The van der Waals surface area contributed by atoms with Crippen LogP contribution in [0.25, 0.3) is 0 Å². The van der Waals surface area contributed by atoms with Crippen molar-refractivity contribution in [3.05, 3.63) is 29.8 Å². The van der Waals surface area contributed by atoms with E-state index in [1.165, 1.54) is 7.11 Å². The van der Waals surface area contributed by atoms with E-state index in [0.717, 1.165) is 24.2 Å². The Morgan fingerprint density at radius 3 is 2.00 bits per heavy atom. The van der Waals surface area contributed by atoms with Crippen molar-refractivity contribution in [3.8, 4) is 5.75 Å². The van der Waals surface area contributed by atoms with Crippen molar-refractivity contribution >= 4 is 5.97 Å². The number of hydrogen-bond donors (Lipinski definition) is 0. The smallest absolute Gasteiger partial charge is 0.316 e. The largest absolute Gasteiger partial charge is 0.497 e. The minimum Gasteiger partial charge on any atom is -0.497 e. The highest BCUT2D eigenvalue weighted by molar-refractivity contribution is 5.86. The van der Waals surface area contributed by atoms with Gasteiger partial charge in [-0.3, -0.25) is 4.79 Å². The van der Waals surface area contributed by atoms with Crippen LogP contribution in [0.5, 0.6) is 5.75 Å². The zero-order chi connectivity index (χ0) is 12.9. The quantitative estimate of drug-likeness (QED) is 0.757. The highest BCUT2D eigenvalue weighted by Crippen LogP contribution is 2.49. The SMILES string of the molecule is CC.COC(=O)C1(c2ccc(OC)cc2)CC1. The number of ether oxygens (including phenoxy) is 2. The van der Waals surface area contributed by atoms with Gasteiger partial charge in [-0.2, -0.15) is 0 Å². The molecule has 0 bridgehead atoms. The van der Waals surface area contributed by atoms with Gasteiger partial charge in [-0.1, -0.05) is 26.0 Å². The Morgan fingerprint density at radius 2 is 1.65 bits per heavy atom. The van der Waals surface area contributed by atoms with Crippen LogP contribution in [0.3, 0.4) is 0 Å². The van der Waals surface area contributed by atoms with E-state index < -0.39 is 0 Å². The molecule has 0 aromatic heterocycles. The molecule has 1 aromatic carbocycles. The summed E-state index contributed by atoms with van der Waals surface area (Å²) < 4.78 is 9.89. The zero-order valence-electron chi connectivity index (χ0n) is 10.9. The predicted molar refractivity (Wildman–Crippen MR) is 67.3 cm³/mol. The van der Waals surface area contributed by atoms with Crippen LogP contribution in [-0.4, -0.2) is 20.2 Å². The molecule has 0 atom stereocenters. The monoisotopic (exact) mass is 236 g/mol. The Bertz CT molecular complexity index is 364. The lowest BCUT2D eigenvalue weighted by atomic mass is 9.96. The first-order chi connectivity index (χ1) is 8.23. The highest BCUT2D eigenvalue weighted by atomic mass is 16.5. The van der Waals surface area contributed by atoms with Gasteiger partial charge in [-0.05, 0) is 30.5 Å². The van der Waals surface area contributed by atoms with Gasteiger partial charge in [0.25, 0.3) is 0 Å². The van der Waals surface area contributed by atoms with E-state index in [1.54, 1.807) is 7.11 Å². The summed E-state index contributed by atoms with van der Waals surface area (Å²) in [6.45, 7) is 4.00. The maximum atomic E-state index is 11.6. The van der Waals surface area contributed by atoms with Crippen molar-refractivity contribution in [2.45, 2.75) is 32.1 Å². The maximum Gasteiger partial charge on any atom is 0.316 e. The molecule has 1 aliphatic carbocycles.